The molecule has 4 rings (SSSR count). The summed E-state index contributed by atoms with van der Waals surface area (Å²) in [5.74, 6) is -4.46. The second kappa shape index (κ2) is 7.33. The lowest BCUT2D eigenvalue weighted by atomic mass is 9.89. The molecule has 170 valence electrons. The fourth-order valence-electron chi connectivity index (χ4n) is 3.99. The van der Waals surface area contributed by atoms with Crippen molar-refractivity contribution in [1.29, 1.82) is 0 Å². The van der Waals surface area contributed by atoms with E-state index in [0.717, 1.165) is 23.1 Å². The van der Waals surface area contributed by atoms with Gasteiger partial charge >= 0.3 is 6.18 Å². The second-order valence-corrected chi connectivity index (χ2v) is 8.24. The maximum atomic E-state index is 15.1. The molecule has 2 aliphatic heterocycles. The smallest absolute Gasteiger partial charge is 0.416 e. The van der Waals surface area contributed by atoms with E-state index in [4.69, 9.17) is 9.15 Å². The van der Waals surface area contributed by atoms with Gasteiger partial charge in [-0.05, 0) is 31.5 Å². The summed E-state index contributed by atoms with van der Waals surface area (Å²) in [6.07, 6.45) is -6.29. The van der Waals surface area contributed by atoms with E-state index in [0.29, 0.717) is 0 Å². The first-order valence-electron chi connectivity index (χ1n) is 9.76. The molecule has 0 saturated carbocycles. The minimum Gasteiger partial charge on any atom is -0.449 e. The summed E-state index contributed by atoms with van der Waals surface area (Å²) < 4.78 is 80.6. The Bertz CT molecular complexity index is 1000. The van der Waals surface area contributed by atoms with Gasteiger partial charge < -0.3 is 24.5 Å². The zero-order valence-electron chi connectivity index (χ0n) is 16.6. The zero-order valence-corrected chi connectivity index (χ0v) is 16.6. The van der Waals surface area contributed by atoms with Gasteiger partial charge in [0.15, 0.2) is 0 Å². The van der Waals surface area contributed by atoms with E-state index < -0.39 is 41.8 Å². The molecular weight excluding hydrogens is 427 g/mol. The molecule has 0 unspecified atom stereocenters. The number of ether oxygens (including phenoxy) is 1. The first-order chi connectivity index (χ1) is 14.4. The number of nitrogens with one attached hydrogen (secondary N) is 1. The Morgan fingerprint density at radius 1 is 1.29 bits per heavy atom. The minimum atomic E-state index is -4.65. The zero-order chi connectivity index (χ0) is 22.6. The van der Waals surface area contributed by atoms with Crippen LogP contribution in [0.4, 0.5) is 27.6 Å². The lowest BCUT2D eigenvalue weighted by molar-refractivity contribution is -0.186. The van der Waals surface area contributed by atoms with Crippen LogP contribution in [-0.2, 0) is 10.9 Å². The van der Waals surface area contributed by atoms with E-state index in [2.05, 4.69) is 5.32 Å². The van der Waals surface area contributed by atoms with Gasteiger partial charge in [0, 0.05) is 31.5 Å². The summed E-state index contributed by atoms with van der Waals surface area (Å²) in [4.78, 5) is 13.5. The van der Waals surface area contributed by atoms with Crippen LogP contribution >= 0.6 is 0 Å². The lowest BCUT2D eigenvalue weighted by Gasteiger charge is -2.39. The molecule has 6 nitrogen and oxygen atoms in total. The molecule has 1 amide bonds. The number of rotatable bonds is 3. The van der Waals surface area contributed by atoms with E-state index in [9.17, 15) is 23.1 Å². The molecule has 0 radical (unpaired) electrons. The van der Waals surface area contributed by atoms with E-state index in [-0.39, 0.29) is 55.0 Å². The van der Waals surface area contributed by atoms with Crippen molar-refractivity contribution < 1.29 is 41.0 Å². The van der Waals surface area contributed by atoms with Crippen molar-refractivity contribution in [3.8, 4) is 0 Å². The molecule has 0 spiro atoms. The highest BCUT2D eigenvalue weighted by Crippen LogP contribution is 2.41. The van der Waals surface area contributed by atoms with Crippen molar-refractivity contribution >= 4 is 22.6 Å². The predicted molar refractivity (Wildman–Crippen MR) is 100 cm³/mol. The molecule has 1 fully saturated rings. The van der Waals surface area contributed by atoms with E-state index in [1.807, 2.05) is 0 Å². The fourth-order valence-corrected chi connectivity index (χ4v) is 3.99. The van der Waals surface area contributed by atoms with E-state index in [1.165, 1.54) is 6.92 Å². The van der Waals surface area contributed by atoms with Crippen LogP contribution in [0.3, 0.4) is 0 Å². The van der Waals surface area contributed by atoms with Gasteiger partial charge in [0.05, 0.1) is 23.4 Å². The molecular formula is C20H21F5N2O4. The SMILES string of the molecule is C[C@]1(O)CCO[C@H](C(F)(F)CN2CCNC(=O)c3oc4ccc(C(F)(F)F)cc4c32)C1. The van der Waals surface area contributed by atoms with Gasteiger partial charge in [0.2, 0.25) is 5.76 Å². The van der Waals surface area contributed by atoms with Crippen LogP contribution in [-0.4, -0.2) is 54.9 Å². The molecule has 11 heteroatoms. The Balaban J connectivity index is 1.74. The van der Waals surface area contributed by atoms with Gasteiger partial charge in [-0.3, -0.25) is 4.79 Å². The first-order valence-corrected chi connectivity index (χ1v) is 9.76. The number of fused-ring (bicyclic) bond motifs is 3. The second-order valence-electron chi connectivity index (χ2n) is 8.24. The van der Waals surface area contributed by atoms with Crippen LogP contribution in [0, 0.1) is 0 Å². The summed E-state index contributed by atoms with van der Waals surface area (Å²) >= 11 is 0. The number of alkyl halides is 5. The standard InChI is InChI=1S/C20H21F5N2O4/c1-18(29)4-7-30-14(9-18)19(21,22)10-27-6-5-26-17(28)16-15(27)12-8-11(20(23,24)25)2-3-13(12)31-16/h2-3,8,14,29H,4-7,9-10H2,1H3,(H,26,28)/t14-,18-/m0/s1. The number of aliphatic hydroxyl groups is 1. The number of benzene rings is 1. The number of amides is 1. The normalized spacial score (nSPS) is 25.3. The van der Waals surface area contributed by atoms with Gasteiger partial charge in [-0.1, -0.05) is 0 Å². The van der Waals surface area contributed by atoms with Crippen LogP contribution in [0.15, 0.2) is 22.6 Å². The minimum absolute atomic E-state index is 0.00279. The Labute approximate surface area is 173 Å². The van der Waals surface area contributed by atoms with Gasteiger partial charge in [-0.2, -0.15) is 13.2 Å². The summed E-state index contributed by atoms with van der Waals surface area (Å²) in [6, 6.07) is 2.67. The van der Waals surface area contributed by atoms with Crippen LogP contribution in [0.2, 0.25) is 0 Å². The Morgan fingerprint density at radius 2 is 2.03 bits per heavy atom. The topological polar surface area (TPSA) is 74.9 Å². The molecule has 1 saturated heterocycles. The fraction of sp³-hybridized carbons (Fsp3) is 0.550. The lowest BCUT2D eigenvalue weighted by Crippen LogP contribution is -2.52. The van der Waals surface area contributed by atoms with Crippen LogP contribution in [0.25, 0.3) is 11.0 Å². The average Bonchev–Trinajstić information content (AvgIpc) is 2.97. The molecule has 2 aromatic rings. The molecule has 2 N–H and O–H groups in total. The van der Waals surface area contributed by atoms with Crippen molar-refractivity contribution in [3.05, 3.63) is 29.5 Å². The quantitative estimate of drug-likeness (QED) is 0.703. The third-order valence-electron chi connectivity index (χ3n) is 5.64. The van der Waals surface area contributed by atoms with Crippen LogP contribution < -0.4 is 10.2 Å². The Kier molecular flexibility index (Phi) is 5.16. The molecule has 1 aromatic heterocycles. The summed E-state index contributed by atoms with van der Waals surface area (Å²) in [7, 11) is 0. The number of anilines is 1. The number of carbonyl (C=O) groups is 1. The molecule has 2 atom stereocenters. The highest BCUT2D eigenvalue weighted by Gasteiger charge is 2.48. The van der Waals surface area contributed by atoms with Crippen molar-refractivity contribution in [2.45, 2.75) is 43.6 Å². The summed E-state index contributed by atoms with van der Waals surface area (Å²) in [5, 5.41) is 12.6. The number of furan rings is 1. The van der Waals surface area contributed by atoms with Crippen LogP contribution in [0.1, 0.15) is 35.9 Å². The predicted octanol–water partition coefficient (Wildman–Crippen LogP) is 3.57. The van der Waals surface area contributed by atoms with Crippen LogP contribution in [0.5, 0.6) is 0 Å². The molecule has 31 heavy (non-hydrogen) atoms. The van der Waals surface area contributed by atoms with Gasteiger partial charge in [-0.25, -0.2) is 8.78 Å². The highest BCUT2D eigenvalue weighted by atomic mass is 19.4. The molecule has 2 aliphatic rings. The number of carbonyl (C=O) groups excluding carboxylic acids is 1. The van der Waals surface area contributed by atoms with Gasteiger partial charge in [0.1, 0.15) is 11.7 Å². The Morgan fingerprint density at radius 3 is 2.71 bits per heavy atom. The maximum absolute atomic E-state index is 15.1. The monoisotopic (exact) mass is 448 g/mol. The molecule has 1 aromatic carbocycles. The number of hydrogen-bond donors (Lipinski definition) is 2. The molecule has 3 heterocycles. The van der Waals surface area contributed by atoms with Crippen molar-refractivity contribution in [2.75, 3.05) is 31.1 Å². The molecule has 0 bridgehead atoms. The van der Waals surface area contributed by atoms with Gasteiger partial charge in [-0.15, -0.1) is 0 Å². The number of nitrogens with zero attached hydrogens (tertiary/aromatic N) is 1. The Hall–Kier alpha value is -2.40. The third kappa shape index (κ3) is 4.20. The maximum Gasteiger partial charge on any atom is 0.416 e. The van der Waals surface area contributed by atoms with Crippen molar-refractivity contribution in [3.63, 3.8) is 0 Å². The number of hydrogen-bond acceptors (Lipinski definition) is 5. The van der Waals surface area contributed by atoms with Crippen molar-refractivity contribution in [2.24, 2.45) is 0 Å². The van der Waals surface area contributed by atoms with Gasteiger partial charge in [0.25, 0.3) is 11.8 Å². The van der Waals surface area contributed by atoms with E-state index in [1.54, 1.807) is 0 Å². The largest absolute Gasteiger partial charge is 0.449 e. The summed E-state index contributed by atoms with van der Waals surface area (Å²) in [5.41, 5.74) is -2.41. The van der Waals surface area contributed by atoms with Crippen molar-refractivity contribution in [1.82, 2.24) is 5.32 Å². The average molecular weight is 448 g/mol. The highest BCUT2D eigenvalue weighted by molar-refractivity contribution is 6.07. The van der Waals surface area contributed by atoms with E-state index >= 15 is 8.78 Å². The molecule has 0 aliphatic carbocycles. The first kappa shape index (κ1) is 21.8. The number of halogens is 5. The summed E-state index contributed by atoms with van der Waals surface area (Å²) in [6.45, 7) is 0.432. The third-order valence-corrected chi connectivity index (χ3v) is 5.64.